The van der Waals surface area contributed by atoms with E-state index >= 15 is 0 Å². The molecular weight excluding hydrogens is 410 g/mol. The van der Waals surface area contributed by atoms with Crippen LogP contribution in [0.15, 0.2) is 83.7 Å². The fourth-order valence-corrected chi connectivity index (χ4v) is 4.63. The van der Waals surface area contributed by atoms with E-state index in [1.165, 1.54) is 5.56 Å². The zero-order valence-electron chi connectivity index (χ0n) is 19.3. The van der Waals surface area contributed by atoms with Crippen molar-refractivity contribution in [2.75, 3.05) is 19.6 Å². The highest BCUT2D eigenvalue weighted by atomic mass is 16.2. The normalized spacial score (nSPS) is 12.3. The summed E-state index contributed by atoms with van der Waals surface area (Å²) in [4.78, 5) is 28.4. The van der Waals surface area contributed by atoms with Gasteiger partial charge in [0.05, 0.1) is 11.0 Å². The molecule has 5 nitrogen and oxygen atoms in total. The zero-order valence-corrected chi connectivity index (χ0v) is 19.3. The molecule has 4 rings (SSSR count). The molecule has 1 N–H and O–H groups in total. The number of rotatable bonds is 9. The number of benzene rings is 3. The summed E-state index contributed by atoms with van der Waals surface area (Å²) in [6.45, 7) is 6.91. The van der Waals surface area contributed by atoms with Crippen LogP contribution in [0.5, 0.6) is 0 Å². The smallest absolute Gasteiger partial charge is 0.240 e. The number of hydrogen-bond donors (Lipinski definition) is 1. The fraction of sp³-hybridized carbons (Fsp3) is 0.286. The van der Waals surface area contributed by atoms with Gasteiger partial charge in [0.2, 0.25) is 5.91 Å². The lowest BCUT2D eigenvalue weighted by molar-refractivity contribution is -0.121. The van der Waals surface area contributed by atoms with E-state index in [1.54, 1.807) is 0 Å². The third kappa shape index (κ3) is 4.99. The van der Waals surface area contributed by atoms with E-state index in [4.69, 9.17) is 0 Å². The van der Waals surface area contributed by atoms with E-state index < -0.39 is 0 Å². The van der Waals surface area contributed by atoms with E-state index in [0.29, 0.717) is 17.3 Å². The van der Waals surface area contributed by atoms with Crippen molar-refractivity contribution in [1.82, 2.24) is 14.8 Å². The number of nitrogens with zero attached hydrogens (tertiary/aromatic N) is 2. The molecule has 1 unspecified atom stereocenters. The maximum atomic E-state index is 13.1. The number of fused-ring (bicyclic) bond motifs is 2. The number of carbonyl (C=O) groups excluding carboxylic acids is 1. The maximum absolute atomic E-state index is 13.1. The van der Waals surface area contributed by atoms with Crippen LogP contribution in [-0.2, 0) is 17.8 Å². The van der Waals surface area contributed by atoms with Crippen molar-refractivity contribution in [2.24, 2.45) is 0 Å². The molecule has 0 saturated heterocycles. The molecule has 0 aliphatic rings. The first-order valence-electron chi connectivity index (χ1n) is 11.7. The monoisotopic (exact) mass is 441 g/mol. The Labute approximate surface area is 194 Å². The molecule has 170 valence electrons. The van der Waals surface area contributed by atoms with E-state index in [2.05, 4.69) is 48.3 Å². The molecule has 0 aliphatic carbocycles. The Morgan fingerprint density at radius 2 is 1.39 bits per heavy atom. The lowest BCUT2D eigenvalue weighted by atomic mass is 10.0. The largest absolute Gasteiger partial charge is 0.353 e. The predicted molar refractivity (Wildman–Crippen MR) is 136 cm³/mol. The minimum Gasteiger partial charge on any atom is -0.353 e. The van der Waals surface area contributed by atoms with Gasteiger partial charge in [-0.1, -0.05) is 68.4 Å². The number of likely N-dealkylation sites (N-methyl/N-ethyl adjacent to an activating group) is 1. The van der Waals surface area contributed by atoms with Gasteiger partial charge in [-0.15, -0.1) is 0 Å². The predicted octanol–water partition coefficient (Wildman–Crippen LogP) is 4.22. The molecule has 4 aromatic rings. The molecule has 5 heteroatoms. The number of aromatic nitrogens is 1. The van der Waals surface area contributed by atoms with Crippen molar-refractivity contribution in [3.8, 4) is 0 Å². The first-order valence-corrected chi connectivity index (χ1v) is 11.7. The van der Waals surface area contributed by atoms with Crippen LogP contribution in [0.2, 0.25) is 0 Å². The molecule has 1 amide bonds. The lowest BCUT2D eigenvalue weighted by Gasteiger charge is -2.30. The minimum absolute atomic E-state index is 0.00215. The third-order valence-corrected chi connectivity index (χ3v) is 6.36. The summed E-state index contributed by atoms with van der Waals surface area (Å²) in [5, 5.41) is 4.43. The highest BCUT2D eigenvalue weighted by Crippen LogP contribution is 2.19. The van der Waals surface area contributed by atoms with Crippen LogP contribution >= 0.6 is 0 Å². The van der Waals surface area contributed by atoms with Crippen molar-refractivity contribution in [3.63, 3.8) is 0 Å². The first kappa shape index (κ1) is 22.7. The van der Waals surface area contributed by atoms with E-state index in [0.717, 1.165) is 30.5 Å². The molecule has 1 atom stereocenters. The van der Waals surface area contributed by atoms with Gasteiger partial charge < -0.3 is 9.88 Å². The summed E-state index contributed by atoms with van der Waals surface area (Å²) in [5.74, 6) is -0.0563. The van der Waals surface area contributed by atoms with Crippen LogP contribution in [0.25, 0.3) is 21.8 Å². The molecule has 0 saturated carbocycles. The molecule has 0 bridgehead atoms. The Kier molecular flexibility index (Phi) is 7.20. The van der Waals surface area contributed by atoms with Gasteiger partial charge in [0, 0.05) is 23.4 Å². The van der Waals surface area contributed by atoms with Gasteiger partial charge in [-0.05, 0) is 49.3 Å². The van der Waals surface area contributed by atoms with Crippen molar-refractivity contribution >= 4 is 27.7 Å². The molecule has 0 aliphatic heterocycles. The van der Waals surface area contributed by atoms with Crippen molar-refractivity contribution < 1.29 is 4.79 Å². The summed E-state index contributed by atoms with van der Waals surface area (Å²) in [5.41, 5.74) is 2.82. The number of pyridine rings is 1. The van der Waals surface area contributed by atoms with Crippen molar-refractivity contribution in [2.45, 2.75) is 32.9 Å². The Morgan fingerprint density at radius 1 is 0.848 bits per heavy atom. The maximum Gasteiger partial charge on any atom is 0.240 e. The van der Waals surface area contributed by atoms with Crippen LogP contribution in [0.4, 0.5) is 0 Å². The molecule has 1 heterocycles. The average molecular weight is 442 g/mol. The molecule has 0 fully saturated rings. The van der Waals surface area contributed by atoms with Gasteiger partial charge in [-0.3, -0.25) is 14.5 Å². The van der Waals surface area contributed by atoms with Gasteiger partial charge in [-0.2, -0.15) is 0 Å². The first-order chi connectivity index (χ1) is 16.1. The standard InChI is InChI=1S/C28H31N3O2/c1-3-30(4-2)22(18-21-12-6-5-7-13-21)19-29-27(32)20-31-25-16-10-8-14-23(25)28(33)24-15-9-11-17-26(24)31/h5-17,22H,3-4,18-20H2,1-2H3,(H,29,32). The summed E-state index contributed by atoms with van der Waals surface area (Å²) in [6, 6.07) is 25.6. The lowest BCUT2D eigenvalue weighted by Crippen LogP contribution is -2.45. The van der Waals surface area contributed by atoms with Crippen LogP contribution in [-0.4, -0.2) is 41.1 Å². The number of hydrogen-bond acceptors (Lipinski definition) is 3. The SMILES string of the molecule is CCN(CC)C(CNC(=O)Cn1c2ccccc2c(=O)c2ccccc21)Cc1ccccc1. The summed E-state index contributed by atoms with van der Waals surface area (Å²) in [7, 11) is 0. The summed E-state index contributed by atoms with van der Waals surface area (Å²) < 4.78 is 1.95. The van der Waals surface area contributed by atoms with Gasteiger partial charge >= 0.3 is 0 Å². The topological polar surface area (TPSA) is 54.3 Å². The quantitative estimate of drug-likeness (QED) is 0.396. The van der Waals surface area contributed by atoms with Crippen LogP contribution in [0, 0.1) is 0 Å². The zero-order chi connectivity index (χ0) is 23.2. The molecule has 0 radical (unpaired) electrons. The Balaban J connectivity index is 1.57. The average Bonchev–Trinajstić information content (AvgIpc) is 2.86. The van der Waals surface area contributed by atoms with Gasteiger partial charge in [-0.25, -0.2) is 0 Å². The van der Waals surface area contributed by atoms with Crippen molar-refractivity contribution in [3.05, 3.63) is 94.6 Å². The van der Waals surface area contributed by atoms with Crippen LogP contribution in [0.3, 0.4) is 0 Å². The second-order valence-corrected chi connectivity index (χ2v) is 8.32. The molecule has 3 aromatic carbocycles. The van der Waals surface area contributed by atoms with E-state index in [1.807, 2.05) is 59.2 Å². The Morgan fingerprint density at radius 3 is 1.97 bits per heavy atom. The molecular formula is C28H31N3O2. The Hall–Kier alpha value is -3.44. The number of para-hydroxylation sites is 2. The molecule has 33 heavy (non-hydrogen) atoms. The van der Waals surface area contributed by atoms with Crippen LogP contribution < -0.4 is 10.7 Å². The fourth-order valence-electron chi connectivity index (χ4n) is 4.63. The highest BCUT2D eigenvalue weighted by Gasteiger charge is 2.18. The summed E-state index contributed by atoms with van der Waals surface area (Å²) in [6.07, 6.45) is 0.882. The Bertz CT molecular complexity index is 1230. The van der Waals surface area contributed by atoms with E-state index in [9.17, 15) is 9.59 Å². The van der Waals surface area contributed by atoms with Gasteiger partial charge in [0.25, 0.3) is 0 Å². The second kappa shape index (κ2) is 10.5. The van der Waals surface area contributed by atoms with Crippen molar-refractivity contribution in [1.29, 1.82) is 0 Å². The van der Waals surface area contributed by atoms with Gasteiger partial charge in [0.15, 0.2) is 5.43 Å². The number of nitrogens with one attached hydrogen (secondary N) is 1. The third-order valence-electron chi connectivity index (χ3n) is 6.36. The number of carbonyl (C=O) groups is 1. The van der Waals surface area contributed by atoms with Crippen LogP contribution in [0.1, 0.15) is 19.4 Å². The number of amides is 1. The molecule has 0 spiro atoms. The second-order valence-electron chi connectivity index (χ2n) is 8.32. The minimum atomic E-state index is -0.0563. The highest BCUT2D eigenvalue weighted by molar-refractivity contribution is 5.94. The summed E-state index contributed by atoms with van der Waals surface area (Å²) >= 11 is 0. The van der Waals surface area contributed by atoms with Gasteiger partial charge in [0.1, 0.15) is 6.54 Å². The van der Waals surface area contributed by atoms with E-state index in [-0.39, 0.29) is 23.9 Å². The molecule has 1 aromatic heterocycles.